The number of aliphatic imine (C=N–C) groups is 1. The second-order valence-electron chi connectivity index (χ2n) is 11.4. The molecule has 2 N–H and O–H groups in total. The van der Waals surface area contributed by atoms with Gasteiger partial charge in [0.05, 0.1) is 17.9 Å². The van der Waals surface area contributed by atoms with Crippen molar-refractivity contribution >= 4 is 41.5 Å². The monoisotopic (exact) mass is 578 g/mol. The number of likely N-dealkylation sites (tertiary alicyclic amines) is 2. The maximum Gasteiger partial charge on any atom is 0.332 e. The van der Waals surface area contributed by atoms with Gasteiger partial charge < -0.3 is 19.8 Å². The van der Waals surface area contributed by atoms with Crippen molar-refractivity contribution in [1.82, 2.24) is 29.8 Å². The average molecular weight is 579 g/mol. The normalized spacial score (nSPS) is 26.3. The van der Waals surface area contributed by atoms with Crippen LogP contribution < -0.4 is 10.2 Å². The van der Waals surface area contributed by atoms with Crippen LogP contribution in [0.1, 0.15) is 44.6 Å². The molecule has 5 aliphatic rings. The van der Waals surface area contributed by atoms with Gasteiger partial charge >= 0.3 is 5.97 Å². The quantitative estimate of drug-likeness (QED) is 0.425. The highest BCUT2D eigenvalue weighted by atomic mass is 16.4. The number of carboxylic acids is 1. The smallest absolute Gasteiger partial charge is 0.332 e. The standard InChI is InChI=1S/C28H34N8O6/c37-24-2-1-21(26(39)31-24)36-25(38)13-22(27(36)40)33-10-3-18(4-11-33)16-32-8-5-19(6-9-32)35-17-20(14-30-35)34-12-7-29-15-23(34)28(41)42/h7,12-15,17-19,21,23H,1-6,8-11,16H2,(H,41,42)(H,31,37,39). The Morgan fingerprint density at radius 3 is 2.50 bits per heavy atom. The van der Waals surface area contributed by atoms with E-state index in [9.17, 15) is 29.1 Å². The summed E-state index contributed by atoms with van der Waals surface area (Å²) in [6, 6.07) is -1.55. The molecular formula is C28H34N8O6. The molecule has 222 valence electrons. The van der Waals surface area contributed by atoms with Crippen LogP contribution in [0.5, 0.6) is 0 Å². The van der Waals surface area contributed by atoms with Crippen molar-refractivity contribution in [2.45, 2.75) is 56.7 Å². The van der Waals surface area contributed by atoms with Gasteiger partial charge in [0.2, 0.25) is 11.8 Å². The lowest BCUT2D eigenvalue weighted by Crippen LogP contribution is -2.55. The number of imide groups is 2. The van der Waals surface area contributed by atoms with Crippen LogP contribution in [0.2, 0.25) is 0 Å². The summed E-state index contributed by atoms with van der Waals surface area (Å²) in [6.45, 7) is 4.17. The van der Waals surface area contributed by atoms with E-state index in [0.717, 1.165) is 55.9 Å². The number of piperidine rings is 3. The predicted octanol–water partition coefficient (Wildman–Crippen LogP) is 0.105. The highest BCUT2D eigenvalue weighted by Crippen LogP contribution is 2.30. The molecule has 5 aliphatic heterocycles. The molecule has 0 aromatic carbocycles. The van der Waals surface area contributed by atoms with E-state index in [4.69, 9.17) is 0 Å². The molecule has 4 amide bonds. The first-order chi connectivity index (χ1) is 20.3. The van der Waals surface area contributed by atoms with Gasteiger partial charge in [-0.2, -0.15) is 5.10 Å². The summed E-state index contributed by atoms with van der Waals surface area (Å²) in [6.07, 6.45) is 13.5. The molecule has 0 aliphatic carbocycles. The fourth-order valence-corrected chi connectivity index (χ4v) is 6.51. The van der Waals surface area contributed by atoms with E-state index < -0.39 is 35.8 Å². The minimum absolute atomic E-state index is 0.105. The Kier molecular flexibility index (Phi) is 7.62. The van der Waals surface area contributed by atoms with E-state index in [1.165, 1.54) is 12.3 Å². The molecule has 42 heavy (non-hydrogen) atoms. The van der Waals surface area contributed by atoms with Gasteiger partial charge in [0.1, 0.15) is 11.7 Å². The van der Waals surface area contributed by atoms with E-state index in [2.05, 4.69) is 20.3 Å². The van der Waals surface area contributed by atoms with E-state index in [1.54, 1.807) is 23.5 Å². The maximum absolute atomic E-state index is 13.1. The third kappa shape index (κ3) is 5.45. The summed E-state index contributed by atoms with van der Waals surface area (Å²) in [7, 11) is 0. The molecule has 6 heterocycles. The molecular weight excluding hydrogens is 544 g/mol. The van der Waals surface area contributed by atoms with Crippen LogP contribution in [0.3, 0.4) is 0 Å². The molecule has 2 unspecified atom stereocenters. The molecule has 0 radical (unpaired) electrons. The van der Waals surface area contributed by atoms with E-state index in [1.807, 2.05) is 15.8 Å². The van der Waals surface area contributed by atoms with Crippen molar-refractivity contribution in [2.24, 2.45) is 10.9 Å². The number of hydrogen-bond donors (Lipinski definition) is 2. The van der Waals surface area contributed by atoms with Gasteiger partial charge in [0, 0.05) is 70.0 Å². The zero-order valence-electron chi connectivity index (χ0n) is 23.2. The number of nitrogens with zero attached hydrogens (tertiary/aromatic N) is 7. The van der Waals surface area contributed by atoms with Gasteiger partial charge in [-0.1, -0.05) is 0 Å². The molecule has 3 fully saturated rings. The topological polar surface area (TPSA) is 161 Å². The fraction of sp³-hybridized carbons (Fsp3) is 0.536. The number of amides is 4. The number of hydrogen-bond acceptors (Lipinski definition) is 10. The number of carbonyl (C=O) groups is 5. The van der Waals surface area contributed by atoms with Gasteiger partial charge in [-0.05, 0) is 38.0 Å². The summed E-state index contributed by atoms with van der Waals surface area (Å²) in [5.74, 6) is -2.43. The Balaban J connectivity index is 0.966. The van der Waals surface area contributed by atoms with Crippen molar-refractivity contribution in [2.75, 3.05) is 37.6 Å². The molecule has 2 atom stereocenters. The summed E-state index contributed by atoms with van der Waals surface area (Å²) < 4.78 is 1.94. The van der Waals surface area contributed by atoms with Crippen molar-refractivity contribution in [3.8, 4) is 0 Å². The molecule has 0 saturated carbocycles. The molecule has 6 rings (SSSR count). The first-order valence-electron chi connectivity index (χ1n) is 14.4. The molecule has 0 spiro atoms. The lowest BCUT2D eigenvalue weighted by molar-refractivity contribution is -0.150. The summed E-state index contributed by atoms with van der Waals surface area (Å²) in [5.41, 5.74) is 1.06. The third-order valence-electron chi connectivity index (χ3n) is 8.84. The molecule has 1 aromatic rings. The van der Waals surface area contributed by atoms with E-state index in [0.29, 0.717) is 24.7 Å². The largest absolute Gasteiger partial charge is 0.479 e. The van der Waals surface area contributed by atoms with Crippen LogP contribution in [0, 0.1) is 5.92 Å². The first kappa shape index (κ1) is 27.8. The number of aromatic nitrogens is 2. The molecule has 14 heteroatoms. The Hall–Kier alpha value is -4.33. The van der Waals surface area contributed by atoms with Crippen LogP contribution in [0.25, 0.3) is 0 Å². The number of anilines is 1. The lowest BCUT2D eigenvalue weighted by atomic mass is 9.94. The summed E-state index contributed by atoms with van der Waals surface area (Å²) in [4.78, 5) is 72.1. The van der Waals surface area contributed by atoms with Crippen molar-refractivity contribution in [3.05, 3.63) is 36.6 Å². The zero-order chi connectivity index (χ0) is 29.4. The van der Waals surface area contributed by atoms with Crippen molar-refractivity contribution in [1.29, 1.82) is 0 Å². The Labute approximate surface area is 242 Å². The number of nitrogens with one attached hydrogen (secondary N) is 1. The summed E-state index contributed by atoms with van der Waals surface area (Å²) >= 11 is 0. The molecule has 14 nitrogen and oxygen atoms in total. The van der Waals surface area contributed by atoms with Crippen LogP contribution in [0.15, 0.2) is 41.6 Å². The number of carbonyl (C=O) groups excluding carboxylic acids is 4. The van der Waals surface area contributed by atoms with Crippen molar-refractivity contribution < 1.29 is 29.1 Å². The van der Waals surface area contributed by atoms with Gasteiger partial charge in [-0.25, -0.2) is 4.79 Å². The number of aliphatic carboxylic acids is 1. The van der Waals surface area contributed by atoms with Crippen LogP contribution in [-0.2, 0) is 24.0 Å². The Morgan fingerprint density at radius 2 is 1.79 bits per heavy atom. The van der Waals surface area contributed by atoms with Crippen molar-refractivity contribution in [3.63, 3.8) is 0 Å². The van der Waals surface area contributed by atoms with Crippen LogP contribution in [0.4, 0.5) is 5.69 Å². The van der Waals surface area contributed by atoms with Gasteiger partial charge in [-0.3, -0.25) is 39.1 Å². The second-order valence-corrected chi connectivity index (χ2v) is 11.4. The summed E-state index contributed by atoms with van der Waals surface area (Å²) in [5, 5.41) is 16.3. The highest BCUT2D eigenvalue weighted by molar-refractivity contribution is 6.18. The average Bonchev–Trinajstić information content (AvgIpc) is 3.59. The Bertz CT molecular complexity index is 1370. The maximum atomic E-state index is 13.1. The van der Waals surface area contributed by atoms with E-state index in [-0.39, 0.29) is 24.8 Å². The van der Waals surface area contributed by atoms with Gasteiger partial charge in [0.15, 0.2) is 6.04 Å². The van der Waals surface area contributed by atoms with Crippen LogP contribution >= 0.6 is 0 Å². The SMILES string of the molecule is O=C1CCC(N2C(=O)C=C(N3CCC(CN4CCC(n5cc(N6C=CN=CC6C(=O)O)cn5)CC4)CC3)C2=O)C(=O)N1. The highest BCUT2D eigenvalue weighted by Gasteiger charge is 2.44. The number of carboxylic acid groups (broad SMARTS) is 1. The lowest BCUT2D eigenvalue weighted by Gasteiger charge is -2.38. The van der Waals surface area contributed by atoms with Crippen LogP contribution in [-0.4, -0.2) is 110 Å². The predicted molar refractivity (Wildman–Crippen MR) is 149 cm³/mol. The first-order valence-corrected chi connectivity index (χ1v) is 14.4. The molecule has 1 aromatic heterocycles. The zero-order valence-corrected chi connectivity index (χ0v) is 23.2. The fourth-order valence-electron chi connectivity index (χ4n) is 6.51. The molecule has 3 saturated heterocycles. The number of rotatable bonds is 7. The Morgan fingerprint density at radius 1 is 1.02 bits per heavy atom. The second kappa shape index (κ2) is 11.5. The van der Waals surface area contributed by atoms with Gasteiger partial charge in [0.25, 0.3) is 11.8 Å². The minimum atomic E-state index is -0.968. The minimum Gasteiger partial charge on any atom is -0.479 e. The third-order valence-corrected chi connectivity index (χ3v) is 8.84. The molecule has 0 bridgehead atoms. The van der Waals surface area contributed by atoms with E-state index >= 15 is 0 Å². The van der Waals surface area contributed by atoms with Gasteiger partial charge in [-0.15, -0.1) is 0 Å².